The molecule has 126 valence electrons. The summed E-state index contributed by atoms with van der Waals surface area (Å²) in [6, 6.07) is 16.8. The van der Waals surface area contributed by atoms with Gasteiger partial charge in [0, 0.05) is 19.2 Å². The summed E-state index contributed by atoms with van der Waals surface area (Å²) in [6.45, 7) is 0.121. The highest BCUT2D eigenvalue weighted by Crippen LogP contribution is 2.18. The molecule has 0 radical (unpaired) electrons. The second-order valence-electron chi connectivity index (χ2n) is 5.38. The van der Waals surface area contributed by atoms with Crippen molar-refractivity contribution < 1.29 is 19.1 Å². The molecule has 0 aliphatic rings. The van der Waals surface area contributed by atoms with Crippen molar-refractivity contribution in [1.82, 2.24) is 4.90 Å². The molecule has 0 bridgehead atoms. The van der Waals surface area contributed by atoms with Gasteiger partial charge in [0.05, 0.1) is 13.5 Å². The zero-order valence-corrected chi connectivity index (χ0v) is 13.9. The number of methoxy groups -OCH3 is 1. The first-order valence-corrected chi connectivity index (χ1v) is 7.65. The number of nitrogens with zero attached hydrogens (tertiary/aromatic N) is 1. The summed E-state index contributed by atoms with van der Waals surface area (Å²) in [5.41, 5.74) is 1.75. The maximum atomic E-state index is 12.1. The Hall–Kier alpha value is -2.82. The molecule has 5 nitrogen and oxygen atoms in total. The van der Waals surface area contributed by atoms with E-state index in [-0.39, 0.29) is 18.9 Å². The fourth-order valence-corrected chi connectivity index (χ4v) is 2.24. The molecule has 0 heterocycles. The van der Waals surface area contributed by atoms with Crippen LogP contribution < -0.4 is 4.74 Å². The molecule has 2 rings (SSSR count). The zero-order chi connectivity index (χ0) is 17.4. The Morgan fingerprint density at radius 2 is 1.67 bits per heavy atom. The van der Waals surface area contributed by atoms with E-state index in [1.807, 2.05) is 54.6 Å². The Morgan fingerprint density at radius 1 is 1.00 bits per heavy atom. The van der Waals surface area contributed by atoms with Crippen molar-refractivity contribution in [2.75, 3.05) is 20.8 Å². The van der Waals surface area contributed by atoms with Gasteiger partial charge in [-0.3, -0.25) is 9.59 Å². The molecule has 5 heteroatoms. The molecule has 0 N–H and O–H groups in total. The van der Waals surface area contributed by atoms with Gasteiger partial charge >= 0.3 is 5.97 Å². The number of carbonyl (C=O) groups is 2. The molecule has 1 amide bonds. The van der Waals surface area contributed by atoms with Crippen molar-refractivity contribution in [3.63, 3.8) is 0 Å². The van der Waals surface area contributed by atoms with E-state index in [9.17, 15) is 9.59 Å². The lowest BCUT2D eigenvalue weighted by Crippen LogP contribution is -2.31. The number of hydrogen-bond acceptors (Lipinski definition) is 4. The van der Waals surface area contributed by atoms with Crippen LogP contribution >= 0.6 is 0 Å². The second-order valence-corrected chi connectivity index (χ2v) is 5.38. The molecule has 0 unspecified atom stereocenters. The van der Waals surface area contributed by atoms with Crippen LogP contribution in [0.3, 0.4) is 0 Å². The summed E-state index contributed by atoms with van der Waals surface area (Å²) in [5, 5.41) is 0. The topological polar surface area (TPSA) is 55.8 Å². The molecular weight excluding hydrogens is 306 g/mol. The van der Waals surface area contributed by atoms with Crippen LogP contribution in [0.5, 0.6) is 5.75 Å². The number of likely N-dealkylation sites (N-methyl/N-ethyl adjacent to an activating group) is 1. The van der Waals surface area contributed by atoms with Crippen LogP contribution in [0.2, 0.25) is 0 Å². The van der Waals surface area contributed by atoms with Crippen molar-refractivity contribution in [2.24, 2.45) is 0 Å². The second kappa shape index (κ2) is 8.72. The van der Waals surface area contributed by atoms with Crippen LogP contribution in [0.25, 0.3) is 0 Å². The van der Waals surface area contributed by atoms with E-state index in [1.54, 1.807) is 14.2 Å². The molecular formula is C19H21NO4. The SMILES string of the molecule is COc1ccccc1CN(C)C(=O)COC(=O)Cc1ccccc1. The highest BCUT2D eigenvalue weighted by molar-refractivity contribution is 5.81. The Kier molecular flexibility index (Phi) is 6.37. The third-order valence-corrected chi connectivity index (χ3v) is 3.57. The largest absolute Gasteiger partial charge is 0.496 e. The molecule has 0 aromatic heterocycles. The molecule has 2 aromatic carbocycles. The number of amides is 1. The van der Waals surface area contributed by atoms with Gasteiger partial charge in [0.25, 0.3) is 5.91 Å². The first-order chi connectivity index (χ1) is 11.6. The zero-order valence-electron chi connectivity index (χ0n) is 13.9. The molecule has 24 heavy (non-hydrogen) atoms. The number of hydrogen-bond donors (Lipinski definition) is 0. The van der Waals surface area contributed by atoms with Crippen LogP contribution in [-0.2, 0) is 27.3 Å². The maximum absolute atomic E-state index is 12.1. The van der Waals surface area contributed by atoms with E-state index in [1.165, 1.54) is 4.90 Å². The van der Waals surface area contributed by atoms with Gasteiger partial charge in [-0.15, -0.1) is 0 Å². The Balaban J connectivity index is 1.82. The summed E-state index contributed by atoms with van der Waals surface area (Å²) < 4.78 is 10.3. The normalized spacial score (nSPS) is 10.1. The highest BCUT2D eigenvalue weighted by atomic mass is 16.5. The minimum Gasteiger partial charge on any atom is -0.496 e. The molecule has 0 saturated carbocycles. The first-order valence-electron chi connectivity index (χ1n) is 7.65. The average Bonchev–Trinajstić information content (AvgIpc) is 2.61. The fourth-order valence-electron chi connectivity index (χ4n) is 2.24. The number of esters is 1. The summed E-state index contributed by atoms with van der Waals surface area (Å²) in [6.07, 6.45) is 0.157. The summed E-state index contributed by atoms with van der Waals surface area (Å²) >= 11 is 0. The number of carbonyl (C=O) groups excluding carboxylic acids is 2. The number of ether oxygens (including phenoxy) is 2. The molecule has 0 fully saturated rings. The summed E-state index contributed by atoms with van der Waals surface area (Å²) in [5.74, 6) is 0.0424. The van der Waals surface area contributed by atoms with E-state index in [0.29, 0.717) is 6.54 Å². The predicted octanol–water partition coefficient (Wildman–Crippen LogP) is 2.44. The number of benzene rings is 2. The Bertz CT molecular complexity index is 685. The lowest BCUT2D eigenvalue weighted by Gasteiger charge is -2.18. The van der Waals surface area contributed by atoms with Crippen LogP contribution in [0.15, 0.2) is 54.6 Å². The smallest absolute Gasteiger partial charge is 0.310 e. The van der Waals surface area contributed by atoms with Crippen LogP contribution in [-0.4, -0.2) is 37.5 Å². The van der Waals surface area contributed by atoms with Gasteiger partial charge in [-0.1, -0.05) is 48.5 Å². The predicted molar refractivity (Wildman–Crippen MR) is 90.6 cm³/mol. The van der Waals surface area contributed by atoms with Crippen molar-refractivity contribution in [3.8, 4) is 5.75 Å². The molecule has 0 aliphatic carbocycles. The lowest BCUT2D eigenvalue weighted by molar-refractivity contribution is -0.151. The van der Waals surface area contributed by atoms with Crippen molar-refractivity contribution in [1.29, 1.82) is 0 Å². The fraction of sp³-hybridized carbons (Fsp3) is 0.263. The van der Waals surface area contributed by atoms with Crippen molar-refractivity contribution >= 4 is 11.9 Å². The van der Waals surface area contributed by atoms with E-state index >= 15 is 0 Å². The third kappa shape index (κ3) is 5.12. The quantitative estimate of drug-likeness (QED) is 0.733. The molecule has 0 atom stereocenters. The van der Waals surface area contributed by atoms with E-state index < -0.39 is 5.97 Å². The van der Waals surface area contributed by atoms with Gasteiger partial charge in [0.1, 0.15) is 5.75 Å². The lowest BCUT2D eigenvalue weighted by atomic mass is 10.2. The average molecular weight is 327 g/mol. The van der Waals surface area contributed by atoms with E-state index in [4.69, 9.17) is 9.47 Å². The monoisotopic (exact) mass is 327 g/mol. The molecule has 0 saturated heterocycles. The molecule has 2 aromatic rings. The van der Waals surface area contributed by atoms with Gasteiger partial charge < -0.3 is 14.4 Å². The van der Waals surface area contributed by atoms with Gasteiger partial charge in [-0.25, -0.2) is 0 Å². The van der Waals surface area contributed by atoms with Crippen molar-refractivity contribution in [2.45, 2.75) is 13.0 Å². The van der Waals surface area contributed by atoms with Gasteiger partial charge in [0.15, 0.2) is 6.61 Å². The number of para-hydroxylation sites is 1. The Labute approximate surface area is 141 Å². The summed E-state index contributed by atoms with van der Waals surface area (Å²) in [7, 11) is 3.26. The van der Waals surface area contributed by atoms with Crippen molar-refractivity contribution in [3.05, 3.63) is 65.7 Å². The van der Waals surface area contributed by atoms with E-state index in [2.05, 4.69) is 0 Å². The third-order valence-electron chi connectivity index (χ3n) is 3.57. The van der Waals surface area contributed by atoms with Gasteiger partial charge in [0.2, 0.25) is 0 Å². The Morgan fingerprint density at radius 3 is 2.38 bits per heavy atom. The minimum absolute atomic E-state index is 0.157. The standard InChI is InChI=1S/C19H21NO4/c1-20(13-16-10-6-7-11-17(16)23-2)18(21)14-24-19(22)12-15-8-4-3-5-9-15/h3-11H,12-14H2,1-2H3. The van der Waals surface area contributed by atoms with Crippen LogP contribution in [0.1, 0.15) is 11.1 Å². The maximum Gasteiger partial charge on any atom is 0.310 e. The first kappa shape index (κ1) is 17.5. The van der Waals surface area contributed by atoms with Gasteiger partial charge in [-0.05, 0) is 11.6 Å². The molecule has 0 aliphatic heterocycles. The summed E-state index contributed by atoms with van der Waals surface area (Å²) in [4.78, 5) is 25.4. The van der Waals surface area contributed by atoms with E-state index in [0.717, 1.165) is 16.9 Å². The van der Waals surface area contributed by atoms with Crippen LogP contribution in [0, 0.1) is 0 Å². The number of rotatable bonds is 7. The minimum atomic E-state index is -0.416. The highest BCUT2D eigenvalue weighted by Gasteiger charge is 2.14. The van der Waals surface area contributed by atoms with Crippen LogP contribution in [0.4, 0.5) is 0 Å². The van der Waals surface area contributed by atoms with Gasteiger partial charge in [-0.2, -0.15) is 0 Å². The molecule has 0 spiro atoms.